The Balaban J connectivity index is 2.48. The number of hydrogen-bond acceptors (Lipinski definition) is 4. The van der Waals surface area contributed by atoms with E-state index in [0.29, 0.717) is 0 Å². The molecule has 0 radical (unpaired) electrons. The minimum atomic E-state index is 0.801. The third-order valence-electron chi connectivity index (χ3n) is 1.09. The summed E-state index contributed by atoms with van der Waals surface area (Å²) in [6, 6.07) is 1.79. The summed E-state index contributed by atoms with van der Waals surface area (Å²) in [5.41, 5.74) is 0.801. The highest BCUT2D eigenvalue weighted by molar-refractivity contribution is 7.13. The van der Waals surface area contributed by atoms with Gasteiger partial charge in [0, 0.05) is 17.6 Å². The summed E-state index contributed by atoms with van der Waals surface area (Å²) in [6.45, 7) is 0. The van der Waals surface area contributed by atoms with E-state index in [1.807, 2.05) is 5.38 Å². The van der Waals surface area contributed by atoms with Crippen LogP contribution in [-0.2, 0) is 0 Å². The quantitative estimate of drug-likeness (QED) is 0.625. The largest absolute Gasteiger partial charge is 0.364 e. The molecule has 10 heavy (non-hydrogen) atoms. The fourth-order valence-electron chi connectivity index (χ4n) is 0.673. The van der Waals surface area contributed by atoms with E-state index in [0.717, 1.165) is 10.7 Å². The van der Waals surface area contributed by atoms with E-state index in [9.17, 15) is 0 Å². The molecule has 0 aliphatic carbocycles. The van der Waals surface area contributed by atoms with Crippen molar-refractivity contribution in [2.45, 2.75) is 0 Å². The van der Waals surface area contributed by atoms with E-state index in [2.05, 4.69) is 14.7 Å². The number of nitrogens with zero attached hydrogens (tertiary/aromatic N) is 2. The molecule has 0 bridgehead atoms. The van der Waals surface area contributed by atoms with Gasteiger partial charge in [-0.05, 0) is 0 Å². The van der Waals surface area contributed by atoms with Crippen molar-refractivity contribution in [3.8, 4) is 10.7 Å². The van der Waals surface area contributed by atoms with Crippen LogP contribution >= 0.6 is 11.3 Å². The molecular weight excluding hydrogens is 148 g/mol. The summed E-state index contributed by atoms with van der Waals surface area (Å²) < 4.78 is 4.65. The summed E-state index contributed by atoms with van der Waals surface area (Å²) in [4.78, 5) is 4.05. The van der Waals surface area contributed by atoms with Crippen LogP contribution in [0.4, 0.5) is 0 Å². The van der Waals surface area contributed by atoms with Gasteiger partial charge < -0.3 is 4.52 Å². The summed E-state index contributed by atoms with van der Waals surface area (Å²) in [5.74, 6) is 0. The van der Waals surface area contributed by atoms with Crippen molar-refractivity contribution in [3.05, 3.63) is 23.9 Å². The van der Waals surface area contributed by atoms with Crippen molar-refractivity contribution < 1.29 is 4.52 Å². The van der Waals surface area contributed by atoms with E-state index >= 15 is 0 Å². The highest BCUT2D eigenvalue weighted by Gasteiger charge is 2.01. The molecule has 0 unspecified atom stereocenters. The van der Waals surface area contributed by atoms with Crippen LogP contribution in [0.3, 0.4) is 0 Å². The molecule has 0 aliphatic rings. The second kappa shape index (κ2) is 2.22. The first-order valence-corrected chi connectivity index (χ1v) is 3.65. The lowest BCUT2D eigenvalue weighted by Gasteiger charge is -1.80. The van der Waals surface area contributed by atoms with Crippen molar-refractivity contribution in [2.75, 3.05) is 0 Å². The molecule has 0 saturated heterocycles. The average molecular weight is 152 g/mol. The normalized spacial score (nSPS) is 10.0. The van der Waals surface area contributed by atoms with Crippen molar-refractivity contribution in [1.29, 1.82) is 0 Å². The van der Waals surface area contributed by atoms with Gasteiger partial charge in [0.1, 0.15) is 17.0 Å². The third-order valence-corrected chi connectivity index (χ3v) is 1.88. The smallest absolute Gasteiger partial charge is 0.145 e. The van der Waals surface area contributed by atoms with Gasteiger partial charge in [-0.1, -0.05) is 5.16 Å². The van der Waals surface area contributed by atoms with Crippen molar-refractivity contribution in [2.24, 2.45) is 0 Å². The lowest BCUT2D eigenvalue weighted by Crippen LogP contribution is -1.70. The molecule has 0 amide bonds. The SMILES string of the molecule is c1csc(-c2ccon2)n1. The number of rotatable bonds is 1. The van der Waals surface area contributed by atoms with Crippen LogP contribution in [0.2, 0.25) is 0 Å². The standard InChI is InChI=1S/C6H4N2OS/c1-3-9-8-5(1)6-7-2-4-10-6/h1-4H. The van der Waals surface area contributed by atoms with Gasteiger partial charge in [-0.2, -0.15) is 0 Å². The van der Waals surface area contributed by atoms with Crippen LogP contribution in [0.1, 0.15) is 0 Å². The predicted octanol–water partition coefficient (Wildman–Crippen LogP) is 1.80. The molecular formula is C6H4N2OS. The van der Waals surface area contributed by atoms with Crippen LogP contribution in [0.25, 0.3) is 10.7 Å². The van der Waals surface area contributed by atoms with Gasteiger partial charge in [-0.3, -0.25) is 0 Å². The Bertz CT molecular complexity index is 255. The van der Waals surface area contributed by atoms with Gasteiger partial charge in [-0.15, -0.1) is 11.3 Å². The molecule has 50 valence electrons. The Morgan fingerprint density at radius 3 is 3.10 bits per heavy atom. The zero-order valence-corrected chi connectivity index (χ0v) is 5.84. The van der Waals surface area contributed by atoms with Gasteiger partial charge in [0.2, 0.25) is 0 Å². The highest BCUT2D eigenvalue weighted by Crippen LogP contribution is 2.18. The summed E-state index contributed by atoms with van der Waals surface area (Å²) >= 11 is 1.55. The maximum atomic E-state index is 4.65. The Kier molecular flexibility index (Phi) is 1.25. The monoisotopic (exact) mass is 152 g/mol. The van der Waals surface area contributed by atoms with E-state index in [-0.39, 0.29) is 0 Å². The number of thiazole rings is 1. The fraction of sp³-hybridized carbons (Fsp3) is 0. The second-order valence-corrected chi connectivity index (χ2v) is 2.62. The van der Waals surface area contributed by atoms with Gasteiger partial charge in [0.05, 0.1) is 0 Å². The van der Waals surface area contributed by atoms with Crippen molar-refractivity contribution in [3.63, 3.8) is 0 Å². The number of hydrogen-bond donors (Lipinski definition) is 0. The lowest BCUT2D eigenvalue weighted by atomic mass is 10.5. The van der Waals surface area contributed by atoms with Gasteiger partial charge in [0.15, 0.2) is 0 Å². The molecule has 3 nitrogen and oxygen atoms in total. The van der Waals surface area contributed by atoms with E-state index in [1.165, 1.54) is 6.26 Å². The van der Waals surface area contributed by atoms with Crippen LogP contribution < -0.4 is 0 Å². The predicted molar refractivity (Wildman–Crippen MR) is 37.6 cm³/mol. The molecule has 2 heterocycles. The van der Waals surface area contributed by atoms with Crippen LogP contribution in [-0.4, -0.2) is 10.1 Å². The minimum absolute atomic E-state index is 0.801. The Labute approximate surface area is 61.3 Å². The first-order chi connectivity index (χ1) is 4.97. The Morgan fingerprint density at radius 1 is 1.50 bits per heavy atom. The molecule has 4 heteroatoms. The van der Waals surface area contributed by atoms with Crippen LogP contribution in [0, 0.1) is 0 Å². The Hall–Kier alpha value is -1.16. The molecule has 2 aromatic heterocycles. The van der Waals surface area contributed by atoms with Gasteiger partial charge >= 0.3 is 0 Å². The first-order valence-electron chi connectivity index (χ1n) is 2.77. The maximum Gasteiger partial charge on any atom is 0.145 e. The molecule has 0 N–H and O–H groups in total. The number of aromatic nitrogens is 2. The summed E-state index contributed by atoms with van der Waals surface area (Å²) in [6.07, 6.45) is 3.28. The second-order valence-electron chi connectivity index (χ2n) is 1.72. The van der Waals surface area contributed by atoms with Crippen molar-refractivity contribution in [1.82, 2.24) is 10.1 Å². The van der Waals surface area contributed by atoms with Crippen LogP contribution in [0.15, 0.2) is 28.4 Å². The summed E-state index contributed by atoms with van der Waals surface area (Å²) in [7, 11) is 0. The van der Waals surface area contributed by atoms with E-state index in [1.54, 1.807) is 23.6 Å². The van der Waals surface area contributed by atoms with Crippen LogP contribution in [0.5, 0.6) is 0 Å². The third kappa shape index (κ3) is 0.823. The maximum absolute atomic E-state index is 4.65. The van der Waals surface area contributed by atoms with Crippen molar-refractivity contribution >= 4 is 11.3 Å². The molecule has 2 aromatic rings. The minimum Gasteiger partial charge on any atom is -0.364 e. The summed E-state index contributed by atoms with van der Waals surface area (Å²) in [5, 5.41) is 6.54. The topological polar surface area (TPSA) is 38.9 Å². The highest BCUT2D eigenvalue weighted by atomic mass is 32.1. The van der Waals surface area contributed by atoms with Gasteiger partial charge in [0.25, 0.3) is 0 Å². The lowest BCUT2D eigenvalue weighted by molar-refractivity contribution is 0.422. The zero-order valence-electron chi connectivity index (χ0n) is 5.02. The fourth-order valence-corrected chi connectivity index (χ4v) is 1.27. The van der Waals surface area contributed by atoms with E-state index in [4.69, 9.17) is 0 Å². The first kappa shape index (κ1) is 5.61. The molecule has 0 atom stereocenters. The zero-order chi connectivity index (χ0) is 6.81. The molecule has 0 spiro atoms. The molecule has 0 saturated carbocycles. The Morgan fingerprint density at radius 2 is 2.50 bits per heavy atom. The molecule has 2 rings (SSSR count). The molecule has 0 aromatic carbocycles. The molecule has 0 aliphatic heterocycles. The molecule has 0 fully saturated rings. The van der Waals surface area contributed by atoms with Gasteiger partial charge in [-0.25, -0.2) is 4.98 Å². The van der Waals surface area contributed by atoms with E-state index < -0.39 is 0 Å². The average Bonchev–Trinajstić information content (AvgIpc) is 2.59.